The average molecular weight is 509 g/mol. The number of hydrogen-bond acceptors (Lipinski definition) is 8. The number of carboxylic acids is 1. The molecule has 36 heavy (non-hydrogen) atoms. The number of primary amides is 1. The first-order chi connectivity index (χ1) is 17.0. The summed E-state index contributed by atoms with van der Waals surface area (Å²) in [6.45, 7) is 1.57. The third kappa shape index (κ3) is 10.8. The molecule has 11 N–H and O–H groups in total. The van der Waals surface area contributed by atoms with Gasteiger partial charge in [-0.1, -0.05) is 30.3 Å². The molecule has 0 saturated carbocycles. The molecule has 0 bridgehead atoms. The van der Waals surface area contributed by atoms with Gasteiger partial charge in [0.25, 0.3) is 0 Å². The van der Waals surface area contributed by atoms with E-state index in [1.54, 1.807) is 30.3 Å². The quantitative estimate of drug-likeness (QED) is 0.110. The molecule has 0 aliphatic rings. The number of rotatable bonds is 16. The van der Waals surface area contributed by atoms with Crippen LogP contribution < -0.4 is 33.2 Å². The van der Waals surface area contributed by atoms with Gasteiger partial charge in [0.1, 0.15) is 18.1 Å². The summed E-state index contributed by atoms with van der Waals surface area (Å²) in [5.41, 5.74) is 17.3. The summed E-state index contributed by atoms with van der Waals surface area (Å²) in [5.74, 6) is -4.86. The van der Waals surface area contributed by atoms with Gasteiger partial charge in [-0.25, -0.2) is 4.79 Å². The van der Waals surface area contributed by atoms with E-state index in [-0.39, 0.29) is 12.8 Å². The lowest BCUT2D eigenvalue weighted by Crippen LogP contribution is -2.60. The molecular weight excluding hydrogens is 472 g/mol. The lowest BCUT2D eigenvalue weighted by molar-refractivity contribution is -0.143. The summed E-state index contributed by atoms with van der Waals surface area (Å²) in [6, 6.07) is 3.53. The topological polar surface area (TPSA) is 240 Å². The molecule has 5 unspecified atom stereocenters. The predicted molar refractivity (Wildman–Crippen MR) is 130 cm³/mol. The number of aliphatic carboxylic acids is 1. The first-order valence-corrected chi connectivity index (χ1v) is 11.6. The standard InChI is InChI=1S/C23H36N6O7/c1-13(30)19(22(34)27-16(23(35)36)9-5-6-10-24)29-21(33)17(12-18(26)31)28-20(32)15(25)11-14-7-3-2-4-8-14/h2-4,7-8,13,15-17,19,30H,5-6,9-12,24-25H2,1H3,(H2,26,31)(H,27,34)(H,28,32)(H,29,33)(H,35,36). The van der Waals surface area contributed by atoms with Crippen LogP contribution >= 0.6 is 0 Å². The second kappa shape index (κ2) is 15.4. The van der Waals surface area contributed by atoms with Gasteiger partial charge in [-0.05, 0) is 44.7 Å². The van der Waals surface area contributed by atoms with Gasteiger partial charge in [-0.2, -0.15) is 0 Å². The molecule has 5 atom stereocenters. The summed E-state index contributed by atoms with van der Waals surface area (Å²) >= 11 is 0. The molecule has 1 rings (SSSR count). The second-order valence-corrected chi connectivity index (χ2v) is 8.44. The zero-order chi connectivity index (χ0) is 27.3. The fraction of sp³-hybridized carbons (Fsp3) is 0.522. The van der Waals surface area contributed by atoms with Crippen molar-refractivity contribution in [2.75, 3.05) is 6.54 Å². The number of amides is 4. The number of carbonyl (C=O) groups is 5. The smallest absolute Gasteiger partial charge is 0.326 e. The molecule has 200 valence electrons. The number of hydrogen-bond donors (Lipinski definition) is 8. The fourth-order valence-electron chi connectivity index (χ4n) is 3.32. The molecular formula is C23H36N6O7. The van der Waals surface area contributed by atoms with Crippen LogP contribution in [0, 0.1) is 0 Å². The van der Waals surface area contributed by atoms with E-state index < -0.39 is 66.3 Å². The van der Waals surface area contributed by atoms with Gasteiger partial charge >= 0.3 is 5.97 Å². The second-order valence-electron chi connectivity index (χ2n) is 8.44. The van der Waals surface area contributed by atoms with Crippen molar-refractivity contribution >= 4 is 29.6 Å². The Balaban J connectivity index is 2.90. The Morgan fingerprint density at radius 3 is 2.06 bits per heavy atom. The van der Waals surface area contributed by atoms with E-state index in [2.05, 4.69) is 16.0 Å². The molecule has 0 heterocycles. The monoisotopic (exact) mass is 508 g/mol. The Bertz CT molecular complexity index is 896. The van der Waals surface area contributed by atoms with E-state index in [0.29, 0.717) is 19.4 Å². The zero-order valence-electron chi connectivity index (χ0n) is 20.2. The lowest BCUT2D eigenvalue weighted by atomic mass is 10.0. The van der Waals surface area contributed by atoms with Crippen LogP contribution in [0.3, 0.4) is 0 Å². The number of unbranched alkanes of at least 4 members (excludes halogenated alkanes) is 1. The molecule has 0 spiro atoms. The summed E-state index contributed by atoms with van der Waals surface area (Å²) in [5, 5.41) is 26.3. The van der Waals surface area contributed by atoms with Gasteiger partial charge < -0.3 is 43.4 Å². The minimum atomic E-state index is -1.57. The van der Waals surface area contributed by atoms with Crippen molar-refractivity contribution in [2.24, 2.45) is 17.2 Å². The van der Waals surface area contributed by atoms with Crippen molar-refractivity contribution in [2.45, 2.75) is 69.3 Å². The van der Waals surface area contributed by atoms with Gasteiger partial charge in [0.2, 0.25) is 23.6 Å². The highest BCUT2D eigenvalue weighted by Gasteiger charge is 2.33. The zero-order valence-corrected chi connectivity index (χ0v) is 20.2. The molecule has 1 aromatic carbocycles. The van der Waals surface area contributed by atoms with Crippen LogP contribution in [-0.4, -0.2) is 76.6 Å². The maximum atomic E-state index is 12.8. The molecule has 0 aliphatic carbocycles. The molecule has 0 radical (unpaired) electrons. The molecule has 0 aliphatic heterocycles. The summed E-state index contributed by atoms with van der Waals surface area (Å²) < 4.78 is 0. The number of nitrogens with one attached hydrogen (secondary N) is 3. The summed E-state index contributed by atoms with van der Waals surface area (Å²) in [6.07, 6.45) is -0.777. The van der Waals surface area contributed by atoms with Crippen LogP contribution in [0.5, 0.6) is 0 Å². The van der Waals surface area contributed by atoms with Crippen LogP contribution in [-0.2, 0) is 30.4 Å². The minimum Gasteiger partial charge on any atom is -0.480 e. The van der Waals surface area contributed by atoms with Gasteiger partial charge in [-0.3, -0.25) is 19.2 Å². The van der Waals surface area contributed by atoms with Crippen molar-refractivity contribution in [1.82, 2.24) is 16.0 Å². The van der Waals surface area contributed by atoms with Crippen LogP contribution in [0.1, 0.15) is 38.2 Å². The maximum Gasteiger partial charge on any atom is 0.326 e. The number of carbonyl (C=O) groups excluding carboxylic acids is 4. The van der Waals surface area contributed by atoms with Crippen LogP contribution in [0.25, 0.3) is 0 Å². The van der Waals surface area contributed by atoms with E-state index in [1.807, 2.05) is 0 Å². The highest BCUT2D eigenvalue weighted by Crippen LogP contribution is 2.05. The van der Waals surface area contributed by atoms with Crippen molar-refractivity contribution < 1.29 is 34.2 Å². The number of nitrogens with two attached hydrogens (primary N) is 3. The molecule has 0 fully saturated rings. The molecule has 0 aromatic heterocycles. The first-order valence-electron chi connectivity index (χ1n) is 11.6. The van der Waals surface area contributed by atoms with Crippen LogP contribution in [0.2, 0.25) is 0 Å². The minimum absolute atomic E-state index is 0.0956. The Hall–Kier alpha value is -3.55. The number of benzene rings is 1. The highest BCUT2D eigenvalue weighted by molar-refractivity contribution is 5.96. The van der Waals surface area contributed by atoms with Crippen molar-refractivity contribution in [1.29, 1.82) is 0 Å². The largest absolute Gasteiger partial charge is 0.480 e. The Morgan fingerprint density at radius 2 is 1.53 bits per heavy atom. The maximum absolute atomic E-state index is 12.8. The lowest BCUT2D eigenvalue weighted by Gasteiger charge is -2.26. The van der Waals surface area contributed by atoms with Crippen LogP contribution in [0.4, 0.5) is 0 Å². The number of aliphatic hydroxyl groups is 1. The molecule has 13 nitrogen and oxygen atoms in total. The molecule has 1 aromatic rings. The van der Waals surface area contributed by atoms with Gasteiger partial charge in [0, 0.05) is 0 Å². The van der Waals surface area contributed by atoms with Gasteiger partial charge in [-0.15, -0.1) is 0 Å². The molecule has 4 amide bonds. The third-order valence-electron chi connectivity index (χ3n) is 5.30. The number of carboxylic acid groups (broad SMARTS) is 1. The van der Waals surface area contributed by atoms with Crippen molar-refractivity contribution in [3.05, 3.63) is 35.9 Å². The Labute approximate surface area is 209 Å². The Kier molecular flexibility index (Phi) is 13.1. The highest BCUT2D eigenvalue weighted by atomic mass is 16.4. The summed E-state index contributed by atoms with van der Waals surface area (Å²) in [4.78, 5) is 61.1. The van der Waals surface area contributed by atoms with Crippen LogP contribution in [0.15, 0.2) is 30.3 Å². The SMILES string of the molecule is CC(O)C(NC(=O)C(CC(N)=O)NC(=O)C(N)Cc1ccccc1)C(=O)NC(CCCCN)C(=O)O. The van der Waals surface area contributed by atoms with E-state index in [9.17, 15) is 34.2 Å². The fourth-order valence-corrected chi connectivity index (χ4v) is 3.32. The van der Waals surface area contributed by atoms with Crippen molar-refractivity contribution in [3.63, 3.8) is 0 Å². The summed E-state index contributed by atoms with van der Waals surface area (Å²) in [7, 11) is 0. The molecule has 0 saturated heterocycles. The predicted octanol–water partition coefficient (Wildman–Crippen LogP) is -2.52. The number of aliphatic hydroxyl groups excluding tert-OH is 1. The van der Waals surface area contributed by atoms with Gasteiger partial charge in [0.15, 0.2) is 0 Å². The van der Waals surface area contributed by atoms with E-state index in [1.165, 1.54) is 6.92 Å². The average Bonchev–Trinajstić information content (AvgIpc) is 2.81. The normalized spacial score (nSPS) is 15.0. The van der Waals surface area contributed by atoms with E-state index in [4.69, 9.17) is 17.2 Å². The third-order valence-corrected chi connectivity index (χ3v) is 5.30. The molecule has 13 heteroatoms. The van der Waals surface area contributed by atoms with E-state index >= 15 is 0 Å². The van der Waals surface area contributed by atoms with E-state index in [0.717, 1.165) is 5.56 Å². The van der Waals surface area contributed by atoms with Crippen molar-refractivity contribution in [3.8, 4) is 0 Å². The first kappa shape index (κ1) is 30.5. The Morgan fingerprint density at radius 1 is 0.917 bits per heavy atom. The van der Waals surface area contributed by atoms with Gasteiger partial charge in [0.05, 0.1) is 18.6 Å².